The Morgan fingerprint density at radius 3 is 3.00 bits per heavy atom. The highest BCUT2D eigenvalue weighted by Crippen LogP contribution is 2.31. The number of nitrogens with one attached hydrogen (secondary N) is 1. The van der Waals surface area contributed by atoms with Crippen LogP contribution in [0.2, 0.25) is 0 Å². The van der Waals surface area contributed by atoms with Gasteiger partial charge >= 0.3 is 0 Å². The third-order valence-corrected chi connectivity index (χ3v) is 4.33. The molecule has 0 radical (unpaired) electrons. The molecule has 3 atom stereocenters. The van der Waals surface area contributed by atoms with Crippen molar-refractivity contribution in [3.05, 3.63) is 29.8 Å². The number of rotatable bonds is 6. The van der Waals surface area contributed by atoms with E-state index < -0.39 is 0 Å². The Bertz CT molecular complexity index is 476. The summed E-state index contributed by atoms with van der Waals surface area (Å²) in [5, 5.41) is 3.12. The summed E-state index contributed by atoms with van der Waals surface area (Å²) < 4.78 is 5.51. The van der Waals surface area contributed by atoms with Crippen molar-refractivity contribution in [3.8, 4) is 5.75 Å². The van der Waals surface area contributed by atoms with E-state index in [1.165, 1.54) is 0 Å². The molecule has 0 bridgehead atoms. The van der Waals surface area contributed by atoms with E-state index in [9.17, 15) is 4.79 Å². The SMILES string of the molecule is CCOc1cccc(C(C)NC(=O)[C@@H]2CCC[C@@H]2CN)c1. The van der Waals surface area contributed by atoms with Gasteiger partial charge in [-0.2, -0.15) is 0 Å². The van der Waals surface area contributed by atoms with Crippen LogP contribution < -0.4 is 15.8 Å². The van der Waals surface area contributed by atoms with Crippen molar-refractivity contribution in [2.45, 2.75) is 39.2 Å². The maximum atomic E-state index is 12.4. The Labute approximate surface area is 127 Å². The predicted octanol–water partition coefficient (Wildman–Crippen LogP) is 2.64. The molecule has 0 aromatic heterocycles. The molecule has 1 aromatic rings. The van der Waals surface area contributed by atoms with E-state index >= 15 is 0 Å². The Morgan fingerprint density at radius 1 is 1.48 bits per heavy atom. The maximum absolute atomic E-state index is 12.4. The topological polar surface area (TPSA) is 64.3 Å². The molecule has 0 aliphatic heterocycles. The minimum absolute atomic E-state index is 0.0167. The zero-order valence-electron chi connectivity index (χ0n) is 13.0. The first-order valence-corrected chi connectivity index (χ1v) is 7.89. The minimum atomic E-state index is -0.0167. The van der Waals surface area contributed by atoms with E-state index in [1.807, 2.05) is 38.1 Å². The molecule has 1 saturated carbocycles. The van der Waals surface area contributed by atoms with Gasteiger partial charge in [-0.25, -0.2) is 0 Å². The lowest BCUT2D eigenvalue weighted by atomic mass is 9.94. The van der Waals surface area contributed by atoms with E-state index in [2.05, 4.69) is 5.32 Å². The third kappa shape index (κ3) is 3.97. The molecule has 116 valence electrons. The predicted molar refractivity (Wildman–Crippen MR) is 84.1 cm³/mol. The molecule has 0 heterocycles. The van der Waals surface area contributed by atoms with Gasteiger partial charge < -0.3 is 15.8 Å². The highest BCUT2D eigenvalue weighted by Gasteiger charge is 2.32. The summed E-state index contributed by atoms with van der Waals surface area (Å²) in [6.45, 7) is 5.22. The number of hydrogen-bond donors (Lipinski definition) is 2. The van der Waals surface area contributed by atoms with Crippen LogP contribution in [0.25, 0.3) is 0 Å². The number of nitrogens with two attached hydrogens (primary N) is 1. The number of hydrogen-bond acceptors (Lipinski definition) is 3. The zero-order chi connectivity index (χ0) is 15.2. The van der Waals surface area contributed by atoms with Crippen LogP contribution in [0.15, 0.2) is 24.3 Å². The molecule has 0 saturated heterocycles. The molecule has 1 aromatic carbocycles. The molecule has 1 unspecified atom stereocenters. The van der Waals surface area contributed by atoms with Crippen LogP contribution in [0.3, 0.4) is 0 Å². The summed E-state index contributed by atoms with van der Waals surface area (Å²) in [7, 11) is 0. The van der Waals surface area contributed by atoms with E-state index in [4.69, 9.17) is 10.5 Å². The zero-order valence-corrected chi connectivity index (χ0v) is 13.0. The fraction of sp³-hybridized carbons (Fsp3) is 0.588. The lowest BCUT2D eigenvalue weighted by molar-refractivity contribution is -0.126. The molecule has 1 aliphatic carbocycles. The smallest absolute Gasteiger partial charge is 0.223 e. The number of amides is 1. The summed E-state index contributed by atoms with van der Waals surface area (Å²) in [6, 6.07) is 7.88. The van der Waals surface area contributed by atoms with Crippen molar-refractivity contribution >= 4 is 5.91 Å². The largest absolute Gasteiger partial charge is 0.494 e. The summed E-state index contributed by atoms with van der Waals surface area (Å²) in [5.74, 6) is 1.40. The van der Waals surface area contributed by atoms with Crippen molar-refractivity contribution in [2.24, 2.45) is 17.6 Å². The maximum Gasteiger partial charge on any atom is 0.223 e. The van der Waals surface area contributed by atoms with Gasteiger partial charge in [-0.1, -0.05) is 18.6 Å². The van der Waals surface area contributed by atoms with Crippen LogP contribution in [0.4, 0.5) is 0 Å². The molecular formula is C17H26N2O2. The van der Waals surface area contributed by atoms with Gasteiger partial charge in [0.1, 0.15) is 5.75 Å². The first kappa shape index (κ1) is 15.8. The highest BCUT2D eigenvalue weighted by atomic mass is 16.5. The first-order chi connectivity index (χ1) is 10.2. The summed E-state index contributed by atoms with van der Waals surface area (Å²) in [4.78, 5) is 12.4. The molecular weight excluding hydrogens is 264 g/mol. The van der Waals surface area contributed by atoms with Crippen LogP contribution in [0.1, 0.15) is 44.7 Å². The van der Waals surface area contributed by atoms with Crippen LogP contribution in [0, 0.1) is 11.8 Å². The fourth-order valence-corrected chi connectivity index (χ4v) is 3.11. The molecule has 21 heavy (non-hydrogen) atoms. The monoisotopic (exact) mass is 290 g/mol. The third-order valence-electron chi connectivity index (χ3n) is 4.33. The Hall–Kier alpha value is -1.55. The van der Waals surface area contributed by atoms with Gasteiger partial charge in [-0.05, 0) is 56.8 Å². The highest BCUT2D eigenvalue weighted by molar-refractivity contribution is 5.79. The second-order valence-corrected chi connectivity index (χ2v) is 5.77. The average Bonchev–Trinajstić information content (AvgIpc) is 2.96. The van der Waals surface area contributed by atoms with Gasteiger partial charge in [-0.15, -0.1) is 0 Å². The van der Waals surface area contributed by atoms with Crippen LogP contribution in [-0.4, -0.2) is 19.1 Å². The van der Waals surface area contributed by atoms with Gasteiger partial charge in [0.2, 0.25) is 5.91 Å². The number of benzene rings is 1. The fourth-order valence-electron chi connectivity index (χ4n) is 3.11. The summed E-state index contributed by atoms with van der Waals surface area (Å²) >= 11 is 0. The van der Waals surface area contributed by atoms with Gasteiger partial charge in [0.25, 0.3) is 0 Å². The van der Waals surface area contributed by atoms with E-state index in [0.717, 1.165) is 30.6 Å². The second-order valence-electron chi connectivity index (χ2n) is 5.77. The molecule has 4 nitrogen and oxygen atoms in total. The first-order valence-electron chi connectivity index (χ1n) is 7.89. The van der Waals surface area contributed by atoms with Crippen molar-refractivity contribution in [3.63, 3.8) is 0 Å². The van der Waals surface area contributed by atoms with Gasteiger partial charge in [0.15, 0.2) is 0 Å². The van der Waals surface area contributed by atoms with Gasteiger partial charge in [0, 0.05) is 5.92 Å². The number of ether oxygens (including phenoxy) is 1. The van der Waals surface area contributed by atoms with Gasteiger partial charge in [0.05, 0.1) is 12.6 Å². The molecule has 3 N–H and O–H groups in total. The van der Waals surface area contributed by atoms with Crippen molar-refractivity contribution in [2.75, 3.05) is 13.2 Å². The second kappa shape index (κ2) is 7.46. The molecule has 1 amide bonds. The van der Waals surface area contributed by atoms with Crippen LogP contribution >= 0.6 is 0 Å². The lowest BCUT2D eigenvalue weighted by Gasteiger charge is -2.21. The quantitative estimate of drug-likeness (QED) is 0.846. The van der Waals surface area contributed by atoms with Gasteiger partial charge in [-0.3, -0.25) is 4.79 Å². The number of carbonyl (C=O) groups excluding carboxylic acids is 1. The van der Waals surface area contributed by atoms with E-state index in [-0.39, 0.29) is 17.9 Å². The molecule has 1 aliphatic rings. The standard InChI is InChI=1S/C17H26N2O2/c1-3-21-15-8-4-6-13(10-15)12(2)19-17(20)16-9-5-7-14(16)11-18/h4,6,8,10,12,14,16H,3,5,7,9,11,18H2,1-2H3,(H,19,20)/t12?,14-,16-/m1/s1. The average molecular weight is 290 g/mol. The minimum Gasteiger partial charge on any atom is -0.494 e. The molecule has 2 rings (SSSR count). The van der Waals surface area contributed by atoms with Crippen molar-refractivity contribution in [1.82, 2.24) is 5.32 Å². The Balaban J connectivity index is 1.98. The van der Waals surface area contributed by atoms with Crippen molar-refractivity contribution in [1.29, 1.82) is 0 Å². The summed E-state index contributed by atoms with van der Waals surface area (Å²) in [5.41, 5.74) is 6.83. The Morgan fingerprint density at radius 2 is 2.29 bits per heavy atom. The number of carbonyl (C=O) groups is 1. The van der Waals surface area contributed by atoms with Crippen LogP contribution in [-0.2, 0) is 4.79 Å². The molecule has 0 spiro atoms. The Kier molecular flexibility index (Phi) is 5.62. The summed E-state index contributed by atoms with van der Waals surface area (Å²) in [6.07, 6.45) is 3.14. The van der Waals surface area contributed by atoms with E-state index in [0.29, 0.717) is 19.1 Å². The van der Waals surface area contributed by atoms with Crippen LogP contribution in [0.5, 0.6) is 5.75 Å². The van der Waals surface area contributed by atoms with E-state index in [1.54, 1.807) is 0 Å². The lowest BCUT2D eigenvalue weighted by Crippen LogP contribution is -2.36. The normalized spacial score (nSPS) is 22.8. The molecule has 1 fully saturated rings. The molecule has 4 heteroatoms. The van der Waals surface area contributed by atoms with Crippen molar-refractivity contribution < 1.29 is 9.53 Å².